The molecular weight excluding hydrogens is 236 g/mol. The lowest BCUT2D eigenvalue weighted by molar-refractivity contribution is 0.113. The van der Waals surface area contributed by atoms with Gasteiger partial charge in [0.25, 0.3) is 0 Å². The van der Waals surface area contributed by atoms with E-state index in [0.29, 0.717) is 18.1 Å². The molecule has 0 rings (SSSR count). The van der Waals surface area contributed by atoms with Crippen LogP contribution in [0.15, 0.2) is 0 Å². The monoisotopic (exact) mass is 272 g/mol. The second-order valence-corrected chi connectivity index (χ2v) is 6.38. The molecular formula is C16H36N2O. The van der Waals surface area contributed by atoms with E-state index in [1.165, 1.54) is 19.3 Å². The summed E-state index contributed by atoms with van der Waals surface area (Å²) in [6, 6.07) is 0.550. The number of aliphatic hydroxyl groups excluding tert-OH is 1. The van der Waals surface area contributed by atoms with Crippen LogP contribution in [0.25, 0.3) is 0 Å². The van der Waals surface area contributed by atoms with Gasteiger partial charge in [0.05, 0.1) is 0 Å². The fourth-order valence-corrected chi connectivity index (χ4v) is 2.68. The standard InChI is InChI=1S/C16H36N2O/c1-6-9-16(5,13-17-10-7-2)14-18(15(3)4)11-8-12-19/h15,17,19H,6-14H2,1-5H3. The van der Waals surface area contributed by atoms with E-state index in [1.807, 2.05) is 0 Å². The van der Waals surface area contributed by atoms with Crippen LogP contribution in [0.5, 0.6) is 0 Å². The predicted molar refractivity (Wildman–Crippen MR) is 84.6 cm³/mol. The molecule has 3 nitrogen and oxygen atoms in total. The Bertz CT molecular complexity index is 209. The Morgan fingerprint density at radius 2 is 1.89 bits per heavy atom. The zero-order chi connectivity index (χ0) is 14.7. The van der Waals surface area contributed by atoms with Gasteiger partial charge in [-0.25, -0.2) is 0 Å². The Labute approximate surface area is 120 Å². The molecule has 0 aliphatic heterocycles. The molecule has 0 aliphatic carbocycles. The summed E-state index contributed by atoms with van der Waals surface area (Å²) in [7, 11) is 0. The lowest BCUT2D eigenvalue weighted by Gasteiger charge is -2.38. The van der Waals surface area contributed by atoms with Crippen LogP contribution in [0.1, 0.15) is 60.3 Å². The maximum absolute atomic E-state index is 9.03. The van der Waals surface area contributed by atoms with Crippen LogP contribution in [0.2, 0.25) is 0 Å². The van der Waals surface area contributed by atoms with Gasteiger partial charge in [0, 0.05) is 32.3 Å². The van der Waals surface area contributed by atoms with Crippen LogP contribution >= 0.6 is 0 Å². The molecule has 0 aromatic rings. The van der Waals surface area contributed by atoms with E-state index >= 15 is 0 Å². The van der Waals surface area contributed by atoms with Gasteiger partial charge < -0.3 is 15.3 Å². The van der Waals surface area contributed by atoms with Gasteiger partial charge in [-0.3, -0.25) is 0 Å². The number of rotatable bonds is 12. The maximum Gasteiger partial charge on any atom is 0.0443 e. The molecule has 0 radical (unpaired) electrons. The zero-order valence-electron chi connectivity index (χ0n) is 13.8. The van der Waals surface area contributed by atoms with E-state index in [4.69, 9.17) is 5.11 Å². The Balaban J connectivity index is 4.47. The Hall–Kier alpha value is -0.120. The van der Waals surface area contributed by atoms with Crippen LogP contribution < -0.4 is 5.32 Å². The summed E-state index contributed by atoms with van der Waals surface area (Å²) in [5, 5.41) is 12.6. The van der Waals surface area contributed by atoms with Crippen molar-refractivity contribution >= 4 is 0 Å². The van der Waals surface area contributed by atoms with Gasteiger partial charge in [-0.2, -0.15) is 0 Å². The third kappa shape index (κ3) is 8.61. The number of aliphatic hydroxyl groups is 1. The summed E-state index contributed by atoms with van der Waals surface area (Å²) in [5.74, 6) is 0. The van der Waals surface area contributed by atoms with Crippen molar-refractivity contribution in [1.82, 2.24) is 10.2 Å². The van der Waals surface area contributed by atoms with Crippen molar-refractivity contribution in [1.29, 1.82) is 0 Å². The average molecular weight is 272 g/mol. The molecule has 0 spiro atoms. The first-order valence-corrected chi connectivity index (χ1v) is 8.04. The highest BCUT2D eigenvalue weighted by Crippen LogP contribution is 2.25. The minimum absolute atomic E-state index is 0.293. The van der Waals surface area contributed by atoms with Gasteiger partial charge >= 0.3 is 0 Å². The zero-order valence-corrected chi connectivity index (χ0v) is 13.8. The number of nitrogens with zero attached hydrogens (tertiary/aromatic N) is 1. The Morgan fingerprint density at radius 1 is 1.21 bits per heavy atom. The van der Waals surface area contributed by atoms with Gasteiger partial charge in [0.1, 0.15) is 0 Å². The minimum Gasteiger partial charge on any atom is -0.396 e. The molecule has 19 heavy (non-hydrogen) atoms. The highest BCUT2D eigenvalue weighted by Gasteiger charge is 2.26. The highest BCUT2D eigenvalue weighted by atomic mass is 16.3. The maximum atomic E-state index is 9.03. The number of nitrogens with one attached hydrogen (secondary N) is 1. The summed E-state index contributed by atoms with van der Waals surface area (Å²) < 4.78 is 0. The SMILES string of the molecule is CCCNCC(C)(CCC)CN(CCCO)C(C)C. The molecule has 0 fully saturated rings. The van der Waals surface area contributed by atoms with E-state index in [2.05, 4.69) is 44.8 Å². The van der Waals surface area contributed by atoms with E-state index in [1.54, 1.807) is 0 Å². The fraction of sp³-hybridized carbons (Fsp3) is 1.00. The largest absolute Gasteiger partial charge is 0.396 e. The number of hydrogen-bond acceptors (Lipinski definition) is 3. The molecule has 0 aliphatic rings. The molecule has 0 saturated carbocycles. The quantitative estimate of drug-likeness (QED) is 0.536. The molecule has 116 valence electrons. The first-order chi connectivity index (χ1) is 8.99. The van der Waals surface area contributed by atoms with Crippen molar-refractivity contribution in [3.63, 3.8) is 0 Å². The smallest absolute Gasteiger partial charge is 0.0443 e. The minimum atomic E-state index is 0.293. The molecule has 2 N–H and O–H groups in total. The van der Waals surface area contributed by atoms with Gasteiger partial charge in [-0.1, -0.05) is 27.2 Å². The number of hydrogen-bond donors (Lipinski definition) is 2. The second kappa shape index (κ2) is 10.6. The molecule has 0 amide bonds. The van der Waals surface area contributed by atoms with Gasteiger partial charge in [0.15, 0.2) is 0 Å². The van der Waals surface area contributed by atoms with Crippen LogP contribution in [0.4, 0.5) is 0 Å². The summed E-state index contributed by atoms with van der Waals surface area (Å²) >= 11 is 0. The molecule has 0 heterocycles. The average Bonchev–Trinajstić information content (AvgIpc) is 2.35. The topological polar surface area (TPSA) is 35.5 Å². The molecule has 0 aromatic carbocycles. The lowest BCUT2D eigenvalue weighted by atomic mass is 9.84. The Morgan fingerprint density at radius 3 is 2.37 bits per heavy atom. The van der Waals surface area contributed by atoms with E-state index in [9.17, 15) is 0 Å². The summed E-state index contributed by atoms with van der Waals surface area (Å²) in [6.45, 7) is 16.0. The van der Waals surface area contributed by atoms with Crippen molar-refractivity contribution in [2.24, 2.45) is 5.41 Å². The first kappa shape index (κ1) is 18.9. The van der Waals surface area contributed by atoms with E-state index in [0.717, 1.165) is 32.6 Å². The molecule has 0 bridgehead atoms. The van der Waals surface area contributed by atoms with Crippen molar-refractivity contribution in [2.45, 2.75) is 66.3 Å². The van der Waals surface area contributed by atoms with E-state index in [-0.39, 0.29) is 0 Å². The summed E-state index contributed by atoms with van der Waals surface area (Å²) in [5.41, 5.74) is 0.337. The molecule has 1 atom stereocenters. The first-order valence-electron chi connectivity index (χ1n) is 8.04. The molecule has 1 unspecified atom stereocenters. The summed E-state index contributed by atoms with van der Waals surface area (Å²) in [6.07, 6.45) is 4.56. The van der Waals surface area contributed by atoms with Gasteiger partial charge in [0.2, 0.25) is 0 Å². The van der Waals surface area contributed by atoms with E-state index < -0.39 is 0 Å². The summed E-state index contributed by atoms with van der Waals surface area (Å²) in [4.78, 5) is 2.51. The molecule has 0 saturated heterocycles. The fourth-order valence-electron chi connectivity index (χ4n) is 2.68. The predicted octanol–water partition coefficient (Wildman–Crippen LogP) is 2.89. The van der Waals surface area contributed by atoms with Crippen LogP contribution in [-0.4, -0.2) is 48.8 Å². The molecule has 3 heteroatoms. The van der Waals surface area contributed by atoms with Crippen LogP contribution in [-0.2, 0) is 0 Å². The van der Waals surface area contributed by atoms with Crippen LogP contribution in [0.3, 0.4) is 0 Å². The van der Waals surface area contributed by atoms with Crippen LogP contribution in [0, 0.1) is 5.41 Å². The van der Waals surface area contributed by atoms with Crippen molar-refractivity contribution < 1.29 is 5.11 Å². The highest BCUT2D eigenvalue weighted by molar-refractivity contribution is 4.82. The van der Waals surface area contributed by atoms with Crippen molar-refractivity contribution in [3.8, 4) is 0 Å². The molecule has 0 aromatic heterocycles. The third-order valence-electron chi connectivity index (χ3n) is 3.75. The van der Waals surface area contributed by atoms with Gasteiger partial charge in [-0.05, 0) is 45.1 Å². The van der Waals surface area contributed by atoms with Gasteiger partial charge in [-0.15, -0.1) is 0 Å². The van der Waals surface area contributed by atoms with Crippen molar-refractivity contribution in [3.05, 3.63) is 0 Å². The third-order valence-corrected chi connectivity index (χ3v) is 3.75. The Kier molecular flexibility index (Phi) is 10.6. The normalized spacial score (nSPS) is 15.2. The second-order valence-electron chi connectivity index (χ2n) is 6.38. The van der Waals surface area contributed by atoms with Crippen molar-refractivity contribution in [2.75, 3.05) is 32.8 Å². The lowest BCUT2D eigenvalue weighted by Crippen LogP contribution is -2.45.